The molecule has 25 heavy (non-hydrogen) atoms. The zero-order chi connectivity index (χ0) is 18.6. The van der Waals surface area contributed by atoms with E-state index in [4.69, 9.17) is 11.6 Å². The van der Waals surface area contributed by atoms with Gasteiger partial charge in [-0.1, -0.05) is 11.6 Å². The Morgan fingerprint density at radius 3 is 2.48 bits per heavy atom. The van der Waals surface area contributed by atoms with Crippen molar-refractivity contribution in [2.24, 2.45) is 0 Å². The number of hydrogen-bond acceptors (Lipinski definition) is 3. The molecule has 1 saturated heterocycles. The zero-order valence-corrected chi connectivity index (χ0v) is 14.2. The summed E-state index contributed by atoms with van der Waals surface area (Å²) in [5.74, 6) is -0.241. The summed E-state index contributed by atoms with van der Waals surface area (Å²) >= 11 is 5.98. The first kappa shape index (κ1) is 19.3. The summed E-state index contributed by atoms with van der Waals surface area (Å²) in [6.07, 6.45) is -3.57. The monoisotopic (exact) mass is 381 g/mol. The number of hydrazine groups is 1. The molecule has 0 atom stereocenters. The minimum Gasteiger partial charge on any atom is -0.321 e. The van der Waals surface area contributed by atoms with Crippen LogP contribution in [-0.2, 0) is 15.8 Å². The predicted molar refractivity (Wildman–Crippen MR) is 82.7 cm³/mol. The number of H-pyrrole nitrogens is 1. The SMILES string of the molecule is CC(=O)NNC(=O)C[NH+]1CCN(c2[nH+]cc(C(F)(F)F)cc2Cl)CC1. The average molecular weight is 382 g/mol. The molecule has 2 amide bonds. The number of anilines is 1. The first-order chi connectivity index (χ1) is 11.7. The number of alkyl halides is 3. The van der Waals surface area contributed by atoms with Crippen LogP contribution in [0.4, 0.5) is 19.0 Å². The van der Waals surface area contributed by atoms with Crippen LogP contribution in [0.15, 0.2) is 12.3 Å². The molecule has 11 heteroatoms. The number of carbonyl (C=O) groups is 2. The van der Waals surface area contributed by atoms with E-state index in [0.717, 1.165) is 17.2 Å². The number of nitrogens with one attached hydrogen (secondary N) is 4. The van der Waals surface area contributed by atoms with Crippen LogP contribution in [0.2, 0.25) is 5.02 Å². The predicted octanol–water partition coefficient (Wildman–Crippen LogP) is -0.955. The highest BCUT2D eigenvalue weighted by atomic mass is 35.5. The third-order valence-corrected chi connectivity index (χ3v) is 4.06. The Bertz CT molecular complexity index is 648. The van der Waals surface area contributed by atoms with Crippen LogP contribution in [-0.4, -0.2) is 44.5 Å². The molecule has 7 nitrogen and oxygen atoms in total. The number of quaternary nitrogens is 1. The molecular formula is C14H19ClF3N5O2+2. The van der Waals surface area contributed by atoms with Gasteiger partial charge in [0.15, 0.2) is 6.54 Å². The van der Waals surface area contributed by atoms with Gasteiger partial charge in [0, 0.05) is 6.92 Å². The van der Waals surface area contributed by atoms with Gasteiger partial charge in [-0.2, -0.15) is 13.2 Å². The first-order valence-corrected chi connectivity index (χ1v) is 7.97. The molecule has 0 spiro atoms. The Morgan fingerprint density at radius 2 is 1.96 bits per heavy atom. The Hall–Kier alpha value is -2.07. The number of hydrogen-bond donors (Lipinski definition) is 3. The highest BCUT2D eigenvalue weighted by Gasteiger charge is 2.35. The fraction of sp³-hybridized carbons (Fsp3) is 0.500. The van der Waals surface area contributed by atoms with E-state index in [1.165, 1.54) is 6.92 Å². The third kappa shape index (κ3) is 5.46. The fourth-order valence-electron chi connectivity index (χ4n) is 2.52. The van der Waals surface area contributed by atoms with Gasteiger partial charge in [-0.15, -0.1) is 0 Å². The second-order valence-corrected chi connectivity index (χ2v) is 6.13. The van der Waals surface area contributed by atoms with Crippen molar-refractivity contribution in [3.63, 3.8) is 0 Å². The second-order valence-electron chi connectivity index (χ2n) is 5.73. The number of pyridine rings is 1. The molecule has 2 rings (SSSR count). The first-order valence-electron chi connectivity index (χ1n) is 7.59. The molecule has 0 aromatic carbocycles. The van der Waals surface area contributed by atoms with E-state index in [9.17, 15) is 22.8 Å². The second kappa shape index (κ2) is 7.87. The van der Waals surface area contributed by atoms with E-state index < -0.39 is 11.7 Å². The molecule has 0 radical (unpaired) electrons. The fourth-order valence-corrected chi connectivity index (χ4v) is 2.81. The van der Waals surface area contributed by atoms with Gasteiger partial charge in [-0.25, -0.2) is 9.88 Å². The maximum atomic E-state index is 12.7. The van der Waals surface area contributed by atoms with Crippen LogP contribution < -0.4 is 25.6 Å². The molecule has 1 aliphatic rings. The van der Waals surface area contributed by atoms with E-state index in [-0.39, 0.29) is 23.4 Å². The number of halogens is 4. The summed E-state index contributed by atoms with van der Waals surface area (Å²) < 4.78 is 38.0. The van der Waals surface area contributed by atoms with Crippen LogP contribution in [0.1, 0.15) is 12.5 Å². The molecule has 4 N–H and O–H groups in total. The quantitative estimate of drug-likeness (QED) is 0.590. The van der Waals surface area contributed by atoms with Gasteiger partial charge < -0.3 is 4.90 Å². The lowest BCUT2D eigenvalue weighted by Gasteiger charge is -2.28. The molecule has 0 bridgehead atoms. The normalized spacial score (nSPS) is 15.8. The molecule has 1 fully saturated rings. The van der Waals surface area contributed by atoms with E-state index in [1.54, 1.807) is 0 Å². The van der Waals surface area contributed by atoms with Crippen molar-refractivity contribution in [2.45, 2.75) is 13.1 Å². The molecule has 0 aliphatic carbocycles. The Morgan fingerprint density at radius 1 is 1.32 bits per heavy atom. The van der Waals surface area contributed by atoms with E-state index in [0.29, 0.717) is 32.0 Å². The molecule has 0 saturated carbocycles. The van der Waals surface area contributed by atoms with Crippen molar-refractivity contribution in [1.29, 1.82) is 0 Å². The third-order valence-electron chi connectivity index (χ3n) is 3.78. The van der Waals surface area contributed by atoms with Crippen molar-refractivity contribution < 1.29 is 32.6 Å². The Labute approximate surface area is 147 Å². The highest BCUT2D eigenvalue weighted by Crippen LogP contribution is 2.31. The number of amides is 2. The van der Waals surface area contributed by atoms with Crippen LogP contribution >= 0.6 is 11.6 Å². The lowest BCUT2D eigenvalue weighted by Crippen LogP contribution is -3.16. The van der Waals surface area contributed by atoms with Gasteiger partial charge in [-0.05, 0) is 6.07 Å². The van der Waals surface area contributed by atoms with Crippen molar-refractivity contribution in [3.05, 3.63) is 22.8 Å². The van der Waals surface area contributed by atoms with Crippen molar-refractivity contribution >= 4 is 29.2 Å². The van der Waals surface area contributed by atoms with Crippen LogP contribution in [0, 0.1) is 0 Å². The van der Waals surface area contributed by atoms with Crippen LogP contribution in [0.5, 0.6) is 0 Å². The molecule has 2 heterocycles. The number of aromatic amines is 1. The molecule has 0 unspecified atom stereocenters. The maximum absolute atomic E-state index is 12.7. The number of rotatable bonds is 3. The smallest absolute Gasteiger partial charge is 0.321 e. The van der Waals surface area contributed by atoms with Gasteiger partial charge >= 0.3 is 6.18 Å². The van der Waals surface area contributed by atoms with Gasteiger partial charge in [0.1, 0.15) is 37.4 Å². The van der Waals surface area contributed by atoms with Crippen molar-refractivity contribution in [3.8, 4) is 0 Å². The lowest BCUT2D eigenvalue weighted by atomic mass is 10.2. The standard InChI is InChI=1S/C14H17ClF3N5O2/c1-9(24)20-21-12(25)8-22-2-4-23(5-3-22)13-11(15)6-10(7-19-13)14(16,17)18/h6-7H,2-5,8H2,1H3,(H,20,24)(H,21,25)/p+2. The zero-order valence-electron chi connectivity index (χ0n) is 13.5. The van der Waals surface area contributed by atoms with Crippen LogP contribution in [0.25, 0.3) is 0 Å². The molecule has 1 aliphatic heterocycles. The van der Waals surface area contributed by atoms with Crippen molar-refractivity contribution in [1.82, 2.24) is 10.9 Å². The molecule has 1 aromatic rings. The van der Waals surface area contributed by atoms with Gasteiger partial charge in [0.25, 0.3) is 11.7 Å². The molecule has 138 valence electrons. The van der Waals surface area contributed by atoms with Gasteiger partial charge in [0.05, 0.1) is 5.56 Å². The van der Waals surface area contributed by atoms with E-state index >= 15 is 0 Å². The minimum atomic E-state index is -4.46. The van der Waals surface area contributed by atoms with E-state index in [2.05, 4.69) is 15.8 Å². The maximum Gasteiger partial charge on any atom is 0.419 e. The van der Waals surface area contributed by atoms with Crippen LogP contribution in [0.3, 0.4) is 0 Å². The summed E-state index contributed by atoms with van der Waals surface area (Å²) in [7, 11) is 0. The number of carbonyl (C=O) groups excluding carboxylic acids is 2. The highest BCUT2D eigenvalue weighted by molar-refractivity contribution is 6.32. The molecule has 1 aromatic heterocycles. The van der Waals surface area contributed by atoms with Gasteiger partial charge in [-0.3, -0.25) is 20.4 Å². The average Bonchev–Trinajstić information content (AvgIpc) is 2.53. The topological polar surface area (TPSA) is 80.0 Å². The number of piperazine rings is 1. The molecular weight excluding hydrogens is 363 g/mol. The van der Waals surface area contributed by atoms with Gasteiger partial charge in [0.2, 0.25) is 5.91 Å². The summed E-state index contributed by atoms with van der Waals surface area (Å²) in [6.45, 7) is 3.76. The van der Waals surface area contributed by atoms with Crippen molar-refractivity contribution in [2.75, 3.05) is 37.6 Å². The summed E-state index contributed by atoms with van der Waals surface area (Å²) in [4.78, 5) is 27.8. The summed E-state index contributed by atoms with van der Waals surface area (Å²) in [5, 5.41) is 0.00155. The number of nitrogens with zero attached hydrogens (tertiary/aromatic N) is 1. The lowest BCUT2D eigenvalue weighted by molar-refractivity contribution is -0.892. The summed E-state index contributed by atoms with van der Waals surface area (Å²) in [5.41, 5.74) is 3.68. The Kier molecular flexibility index (Phi) is 6.07. The number of aromatic nitrogens is 1. The van der Waals surface area contributed by atoms with E-state index in [1.807, 2.05) is 4.90 Å². The summed E-state index contributed by atoms with van der Waals surface area (Å²) in [6, 6.07) is 0.896. The Balaban J connectivity index is 1.90. The minimum absolute atomic E-state index is 0.00155. The largest absolute Gasteiger partial charge is 0.419 e.